The molecule has 0 aliphatic carbocycles. The number of fused-ring (bicyclic) bond motifs is 1. The van der Waals surface area contributed by atoms with E-state index in [4.69, 9.17) is 35.4 Å². The van der Waals surface area contributed by atoms with E-state index in [0.717, 1.165) is 5.39 Å². The summed E-state index contributed by atoms with van der Waals surface area (Å²) < 4.78 is 0. The van der Waals surface area contributed by atoms with Gasteiger partial charge < -0.3 is 5.32 Å². The van der Waals surface area contributed by atoms with E-state index in [1.165, 1.54) is 12.1 Å². The molecule has 0 heterocycles. The van der Waals surface area contributed by atoms with Crippen LogP contribution in [-0.2, 0) is 0 Å². The second kappa shape index (κ2) is 8.10. The van der Waals surface area contributed by atoms with E-state index in [1.54, 1.807) is 37.3 Å². The first-order chi connectivity index (χ1) is 13.3. The summed E-state index contributed by atoms with van der Waals surface area (Å²) in [7, 11) is 0. The predicted octanol–water partition coefficient (Wildman–Crippen LogP) is 5.49. The number of hydrogen-bond donors (Lipinski definition) is 2. The molecule has 6 nitrogen and oxygen atoms in total. The number of halogens is 2. The minimum atomic E-state index is -0.565. The van der Waals surface area contributed by atoms with Crippen molar-refractivity contribution in [2.45, 2.75) is 6.92 Å². The number of carbonyl (C=O) groups is 1. The summed E-state index contributed by atoms with van der Waals surface area (Å²) in [6, 6.07) is 13.3. The summed E-state index contributed by atoms with van der Waals surface area (Å²) in [6.07, 6.45) is 0. The molecular formula is C19H13Cl2N3O3S. The molecule has 0 saturated heterocycles. The summed E-state index contributed by atoms with van der Waals surface area (Å²) in [4.78, 5) is 23.1. The van der Waals surface area contributed by atoms with Crippen molar-refractivity contribution in [2.75, 3.05) is 5.32 Å². The molecule has 1 amide bonds. The maximum Gasteiger partial charge on any atom is 0.288 e. The van der Waals surface area contributed by atoms with Gasteiger partial charge in [-0.1, -0.05) is 47.5 Å². The second-order valence-electron chi connectivity index (χ2n) is 5.92. The molecule has 2 N–H and O–H groups in total. The van der Waals surface area contributed by atoms with E-state index in [0.29, 0.717) is 27.2 Å². The first-order valence-corrected chi connectivity index (χ1v) is 9.18. The van der Waals surface area contributed by atoms with Crippen molar-refractivity contribution in [3.63, 3.8) is 0 Å². The summed E-state index contributed by atoms with van der Waals surface area (Å²) in [5.41, 5.74) is 1.24. The molecule has 3 aromatic rings. The van der Waals surface area contributed by atoms with Crippen LogP contribution in [-0.4, -0.2) is 15.9 Å². The van der Waals surface area contributed by atoms with Crippen molar-refractivity contribution in [1.82, 2.24) is 5.32 Å². The second-order valence-corrected chi connectivity index (χ2v) is 7.15. The van der Waals surface area contributed by atoms with Crippen molar-refractivity contribution in [2.24, 2.45) is 0 Å². The fraction of sp³-hybridized carbons (Fsp3) is 0.0526. The third-order valence-electron chi connectivity index (χ3n) is 4.08. The zero-order valence-corrected chi connectivity index (χ0v) is 16.8. The normalized spacial score (nSPS) is 10.5. The Balaban J connectivity index is 1.81. The average Bonchev–Trinajstić information content (AvgIpc) is 2.64. The summed E-state index contributed by atoms with van der Waals surface area (Å²) in [5, 5.41) is 18.4. The van der Waals surface area contributed by atoms with Gasteiger partial charge in [-0.2, -0.15) is 0 Å². The lowest BCUT2D eigenvalue weighted by Gasteiger charge is -2.13. The Bertz CT molecular complexity index is 1130. The van der Waals surface area contributed by atoms with Crippen LogP contribution in [0.3, 0.4) is 0 Å². The van der Waals surface area contributed by atoms with Gasteiger partial charge >= 0.3 is 0 Å². The van der Waals surface area contributed by atoms with E-state index >= 15 is 0 Å². The lowest BCUT2D eigenvalue weighted by Crippen LogP contribution is -2.34. The highest BCUT2D eigenvalue weighted by atomic mass is 35.5. The Morgan fingerprint density at radius 2 is 1.75 bits per heavy atom. The van der Waals surface area contributed by atoms with Gasteiger partial charge in [0.25, 0.3) is 11.6 Å². The molecule has 0 bridgehead atoms. The van der Waals surface area contributed by atoms with E-state index in [9.17, 15) is 14.9 Å². The van der Waals surface area contributed by atoms with E-state index < -0.39 is 10.8 Å². The number of hydrogen-bond acceptors (Lipinski definition) is 4. The molecule has 0 aliphatic rings. The number of thiocarbonyl (C=S) groups is 1. The van der Waals surface area contributed by atoms with Crippen LogP contribution in [0.1, 0.15) is 15.9 Å². The first-order valence-electron chi connectivity index (χ1n) is 8.02. The van der Waals surface area contributed by atoms with Crippen molar-refractivity contribution in [3.8, 4) is 0 Å². The molecule has 28 heavy (non-hydrogen) atoms. The molecule has 0 unspecified atom stereocenters. The lowest BCUT2D eigenvalue weighted by molar-refractivity contribution is -0.384. The molecule has 0 radical (unpaired) electrons. The Morgan fingerprint density at radius 3 is 2.46 bits per heavy atom. The zero-order chi connectivity index (χ0) is 20.4. The van der Waals surface area contributed by atoms with Gasteiger partial charge in [-0.15, -0.1) is 0 Å². The van der Waals surface area contributed by atoms with Gasteiger partial charge in [-0.3, -0.25) is 20.2 Å². The summed E-state index contributed by atoms with van der Waals surface area (Å²) in [6.45, 7) is 1.67. The molecule has 0 atom stereocenters. The van der Waals surface area contributed by atoms with E-state index in [-0.39, 0.29) is 15.8 Å². The molecule has 0 spiro atoms. The maximum atomic E-state index is 12.7. The number of nitro benzene ring substituents is 1. The van der Waals surface area contributed by atoms with Gasteiger partial charge in [-0.25, -0.2) is 0 Å². The Hall–Kier alpha value is -2.74. The molecule has 3 aromatic carbocycles. The monoisotopic (exact) mass is 433 g/mol. The van der Waals surface area contributed by atoms with Gasteiger partial charge in [0.05, 0.1) is 4.92 Å². The van der Waals surface area contributed by atoms with Gasteiger partial charge in [-0.05, 0) is 48.3 Å². The molecule has 3 rings (SSSR count). The summed E-state index contributed by atoms with van der Waals surface area (Å²) in [5.74, 6) is -0.406. The van der Waals surface area contributed by atoms with Gasteiger partial charge in [0.2, 0.25) is 0 Å². The quantitative estimate of drug-likeness (QED) is 0.324. The molecule has 142 valence electrons. The number of anilines is 1. The number of nitrogens with one attached hydrogen (secondary N) is 2. The number of rotatable bonds is 3. The molecule has 0 fully saturated rings. The Kier molecular flexibility index (Phi) is 5.79. The number of benzene rings is 3. The molecule has 9 heteroatoms. The van der Waals surface area contributed by atoms with Crippen LogP contribution >= 0.6 is 35.4 Å². The van der Waals surface area contributed by atoms with Gasteiger partial charge in [0, 0.05) is 27.7 Å². The average molecular weight is 434 g/mol. The van der Waals surface area contributed by atoms with Crippen LogP contribution in [0.15, 0.2) is 48.5 Å². The van der Waals surface area contributed by atoms with Crippen molar-refractivity contribution in [3.05, 3.63) is 79.8 Å². The van der Waals surface area contributed by atoms with Crippen molar-refractivity contribution >= 4 is 68.6 Å². The zero-order valence-electron chi connectivity index (χ0n) is 14.5. The third-order valence-corrected chi connectivity index (χ3v) is 4.92. The Morgan fingerprint density at radius 1 is 1.07 bits per heavy atom. The minimum Gasteiger partial charge on any atom is -0.332 e. The maximum absolute atomic E-state index is 12.7. The largest absolute Gasteiger partial charge is 0.332 e. The molecular weight excluding hydrogens is 421 g/mol. The summed E-state index contributed by atoms with van der Waals surface area (Å²) >= 11 is 17.3. The number of carbonyl (C=O) groups excluding carboxylic acids is 1. The van der Waals surface area contributed by atoms with Crippen LogP contribution in [0.5, 0.6) is 0 Å². The topological polar surface area (TPSA) is 84.3 Å². The fourth-order valence-corrected chi connectivity index (χ4v) is 3.41. The third kappa shape index (κ3) is 4.06. The highest BCUT2D eigenvalue weighted by Gasteiger charge is 2.17. The molecule has 0 aliphatic heterocycles. The minimum absolute atomic E-state index is 0.0316. The highest BCUT2D eigenvalue weighted by molar-refractivity contribution is 7.80. The lowest BCUT2D eigenvalue weighted by atomic mass is 10.0. The Labute approximate surface area is 175 Å². The number of nitrogens with zero attached hydrogens (tertiary/aromatic N) is 1. The van der Waals surface area contributed by atoms with Crippen LogP contribution in [0, 0.1) is 17.0 Å². The fourth-order valence-electron chi connectivity index (χ4n) is 2.73. The van der Waals surface area contributed by atoms with Crippen LogP contribution in [0.2, 0.25) is 10.0 Å². The van der Waals surface area contributed by atoms with Crippen LogP contribution in [0.4, 0.5) is 11.4 Å². The standard InChI is InChI=1S/C19H13Cl2N3O3S/c1-10-8-17(24(26)27)15(21)9-16(10)22-19(28)23-18(25)13-6-2-5-12-11(13)4-3-7-14(12)20/h2-9H,1H3,(H2,22,23,25,28). The number of nitro groups is 1. The van der Waals surface area contributed by atoms with E-state index in [2.05, 4.69) is 10.6 Å². The van der Waals surface area contributed by atoms with Crippen LogP contribution in [0.25, 0.3) is 10.8 Å². The molecule has 0 saturated carbocycles. The molecule has 0 aromatic heterocycles. The predicted molar refractivity (Wildman–Crippen MR) is 115 cm³/mol. The SMILES string of the molecule is Cc1cc([N+](=O)[O-])c(Cl)cc1NC(=S)NC(=O)c1cccc2c(Cl)cccc12. The van der Waals surface area contributed by atoms with Crippen molar-refractivity contribution < 1.29 is 9.72 Å². The van der Waals surface area contributed by atoms with E-state index in [1.807, 2.05) is 6.07 Å². The first kappa shape index (κ1) is 20.0. The van der Waals surface area contributed by atoms with Gasteiger partial charge in [0.15, 0.2) is 5.11 Å². The smallest absolute Gasteiger partial charge is 0.288 e. The van der Waals surface area contributed by atoms with Crippen LogP contribution < -0.4 is 10.6 Å². The number of amides is 1. The number of aryl methyl sites for hydroxylation is 1. The van der Waals surface area contributed by atoms with Gasteiger partial charge in [0.1, 0.15) is 5.02 Å². The highest BCUT2D eigenvalue weighted by Crippen LogP contribution is 2.30. The van der Waals surface area contributed by atoms with Crippen molar-refractivity contribution in [1.29, 1.82) is 0 Å².